The molecule has 1 aliphatic heterocycles. The number of hydrogen-bond donors (Lipinski definition) is 2. The lowest BCUT2D eigenvalue weighted by atomic mass is 10.1. The first kappa shape index (κ1) is 14.9. The standard InChI is InChI=1S/C15H18N6O3/c1-8-6-20(7-11-18-19-13(21(8)11)9-2-3-9)12(22)4-10-5-16-15(24)17-14(10)23/h5,8-9H,2-4,6-7H2,1H3,(H2,16,17,23,24)/t8-/m0/s1. The SMILES string of the molecule is C[C@H]1CN(C(=O)Cc2c[nH]c(=O)[nH]c2=O)Cc2nnc(C3CC3)n21. The molecule has 0 unspecified atom stereocenters. The Hall–Kier alpha value is -2.71. The molecule has 126 valence electrons. The van der Waals surface area contributed by atoms with Gasteiger partial charge in [-0.25, -0.2) is 4.79 Å². The predicted molar refractivity (Wildman–Crippen MR) is 83.5 cm³/mol. The maximum Gasteiger partial charge on any atom is 0.325 e. The van der Waals surface area contributed by atoms with Gasteiger partial charge in [-0.05, 0) is 19.8 Å². The molecular formula is C15H18N6O3. The van der Waals surface area contributed by atoms with E-state index in [0.29, 0.717) is 19.0 Å². The molecular weight excluding hydrogens is 312 g/mol. The van der Waals surface area contributed by atoms with Gasteiger partial charge in [0.15, 0.2) is 5.82 Å². The molecule has 2 N–H and O–H groups in total. The molecule has 1 saturated carbocycles. The van der Waals surface area contributed by atoms with Crippen molar-refractivity contribution in [2.45, 2.75) is 44.7 Å². The van der Waals surface area contributed by atoms with Gasteiger partial charge in [-0.2, -0.15) is 0 Å². The zero-order chi connectivity index (χ0) is 16.8. The number of amides is 1. The van der Waals surface area contributed by atoms with E-state index in [2.05, 4.69) is 24.7 Å². The van der Waals surface area contributed by atoms with Crippen LogP contribution in [0.15, 0.2) is 15.8 Å². The van der Waals surface area contributed by atoms with Gasteiger partial charge in [0.1, 0.15) is 5.82 Å². The molecule has 1 aliphatic carbocycles. The van der Waals surface area contributed by atoms with Crippen LogP contribution in [0.3, 0.4) is 0 Å². The fourth-order valence-corrected chi connectivity index (χ4v) is 3.21. The van der Waals surface area contributed by atoms with Crippen molar-refractivity contribution in [2.24, 2.45) is 0 Å². The molecule has 0 saturated heterocycles. The minimum Gasteiger partial charge on any atom is -0.333 e. The first-order chi connectivity index (χ1) is 11.5. The topological polar surface area (TPSA) is 117 Å². The van der Waals surface area contributed by atoms with Gasteiger partial charge in [-0.1, -0.05) is 0 Å². The second-order valence-electron chi connectivity index (χ2n) is 6.52. The van der Waals surface area contributed by atoms with Gasteiger partial charge in [-0.15, -0.1) is 10.2 Å². The van der Waals surface area contributed by atoms with E-state index in [9.17, 15) is 14.4 Å². The Labute approximate surface area is 136 Å². The third kappa shape index (κ3) is 2.55. The van der Waals surface area contributed by atoms with E-state index < -0.39 is 11.2 Å². The number of aromatic nitrogens is 5. The highest BCUT2D eigenvalue weighted by atomic mass is 16.2. The molecule has 9 heteroatoms. The summed E-state index contributed by atoms with van der Waals surface area (Å²) in [7, 11) is 0. The molecule has 2 aliphatic rings. The second kappa shape index (κ2) is 5.43. The summed E-state index contributed by atoms with van der Waals surface area (Å²) in [6.45, 7) is 3.00. The number of H-pyrrole nitrogens is 2. The normalized spacial score (nSPS) is 20.0. The summed E-state index contributed by atoms with van der Waals surface area (Å²) >= 11 is 0. The molecule has 2 aromatic heterocycles. The fourth-order valence-electron chi connectivity index (χ4n) is 3.21. The Kier molecular flexibility index (Phi) is 3.36. The van der Waals surface area contributed by atoms with E-state index in [1.54, 1.807) is 4.90 Å². The van der Waals surface area contributed by atoms with Crippen molar-refractivity contribution < 1.29 is 4.79 Å². The highest BCUT2D eigenvalue weighted by Crippen LogP contribution is 2.40. The van der Waals surface area contributed by atoms with Crippen LogP contribution in [-0.2, 0) is 17.8 Å². The van der Waals surface area contributed by atoms with Crippen LogP contribution in [0.2, 0.25) is 0 Å². The van der Waals surface area contributed by atoms with Gasteiger partial charge in [0, 0.05) is 24.2 Å². The Morgan fingerprint density at radius 2 is 2.12 bits per heavy atom. The number of nitrogens with zero attached hydrogens (tertiary/aromatic N) is 4. The van der Waals surface area contributed by atoms with Gasteiger partial charge >= 0.3 is 5.69 Å². The molecule has 0 radical (unpaired) electrons. The van der Waals surface area contributed by atoms with Crippen LogP contribution in [0, 0.1) is 0 Å². The lowest BCUT2D eigenvalue weighted by molar-refractivity contribution is -0.132. The summed E-state index contributed by atoms with van der Waals surface area (Å²) in [4.78, 5) is 41.5. The number of hydrogen-bond acceptors (Lipinski definition) is 5. The third-order valence-electron chi connectivity index (χ3n) is 4.58. The lowest BCUT2D eigenvalue weighted by Gasteiger charge is -2.32. The summed E-state index contributed by atoms with van der Waals surface area (Å²) in [6.07, 6.45) is 3.55. The van der Waals surface area contributed by atoms with Crippen molar-refractivity contribution in [3.05, 3.63) is 44.2 Å². The molecule has 24 heavy (non-hydrogen) atoms. The van der Waals surface area contributed by atoms with Crippen LogP contribution in [0.5, 0.6) is 0 Å². The molecule has 0 bridgehead atoms. The fraction of sp³-hybridized carbons (Fsp3) is 0.533. The van der Waals surface area contributed by atoms with Crippen molar-refractivity contribution in [2.75, 3.05) is 6.54 Å². The van der Waals surface area contributed by atoms with Crippen molar-refractivity contribution in [3.63, 3.8) is 0 Å². The molecule has 4 rings (SSSR count). The molecule has 2 aromatic rings. The van der Waals surface area contributed by atoms with Gasteiger partial charge in [0.25, 0.3) is 5.56 Å². The largest absolute Gasteiger partial charge is 0.333 e. The molecule has 0 aromatic carbocycles. The van der Waals surface area contributed by atoms with Crippen molar-refractivity contribution >= 4 is 5.91 Å². The maximum absolute atomic E-state index is 12.5. The third-order valence-corrected chi connectivity index (χ3v) is 4.58. The zero-order valence-corrected chi connectivity index (χ0v) is 13.3. The highest BCUT2D eigenvalue weighted by Gasteiger charge is 2.35. The molecule has 1 amide bonds. The Morgan fingerprint density at radius 1 is 1.33 bits per heavy atom. The van der Waals surface area contributed by atoms with Crippen molar-refractivity contribution in [3.8, 4) is 0 Å². The van der Waals surface area contributed by atoms with Crippen LogP contribution >= 0.6 is 0 Å². The van der Waals surface area contributed by atoms with E-state index in [4.69, 9.17) is 0 Å². The molecule has 0 spiro atoms. The van der Waals surface area contributed by atoms with E-state index in [0.717, 1.165) is 24.5 Å². The monoisotopic (exact) mass is 330 g/mol. The van der Waals surface area contributed by atoms with E-state index in [-0.39, 0.29) is 23.9 Å². The first-order valence-corrected chi connectivity index (χ1v) is 8.05. The van der Waals surface area contributed by atoms with Crippen LogP contribution in [0.4, 0.5) is 0 Å². The van der Waals surface area contributed by atoms with Crippen molar-refractivity contribution in [1.82, 2.24) is 29.6 Å². The minimum absolute atomic E-state index is 0.0531. The summed E-state index contributed by atoms with van der Waals surface area (Å²) < 4.78 is 2.15. The number of aromatic amines is 2. The minimum atomic E-state index is -0.580. The number of carbonyl (C=O) groups excluding carboxylic acids is 1. The van der Waals surface area contributed by atoms with Crippen LogP contribution in [0.1, 0.15) is 48.9 Å². The number of nitrogens with one attached hydrogen (secondary N) is 2. The van der Waals surface area contributed by atoms with Crippen LogP contribution in [-0.4, -0.2) is 42.1 Å². The number of carbonyl (C=O) groups is 1. The van der Waals surface area contributed by atoms with E-state index >= 15 is 0 Å². The summed E-state index contributed by atoms with van der Waals surface area (Å²) in [5, 5.41) is 8.53. The van der Waals surface area contributed by atoms with Crippen LogP contribution in [0.25, 0.3) is 0 Å². The van der Waals surface area contributed by atoms with Gasteiger partial charge in [0.05, 0.1) is 19.0 Å². The summed E-state index contributed by atoms with van der Waals surface area (Å²) in [5.74, 6) is 2.17. The van der Waals surface area contributed by atoms with E-state index in [1.807, 2.05) is 6.92 Å². The zero-order valence-electron chi connectivity index (χ0n) is 13.3. The predicted octanol–water partition coefficient (Wildman–Crippen LogP) is -0.322. The first-order valence-electron chi connectivity index (χ1n) is 8.05. The summed E-state index contributed by atoms with van der Waals surface area (Å²) in [5.41, 5.74) is -0.863. The average molecular weight is 330 g/mol. The molecule has 1 atom stereocenters. The summed E-state index contributed by atoms with van der Waals surface area (Å²) in [6, 6.07) is 0.108. The Bertz CT molecular complexity index is 906. The molecule has 3 heterocycles. The van der Waals surface area contributed by atoms with Crippen molar-refractivity contribution in [1.29, 1.82) is 0 Å². The van der Waals surface area contributed by atoms with Gasteiger partial charge < -0.3 is 14.5 Å². The van der Waals surface area contributed by atoms with Gasteiger partial charge in [-0.3, -0.25) is 14.6 Å². The molecule has 1 fully saturated rings. The Balaban J connectivity index is 1.53. The average Bonchev–Trinajstić information content (AvgIpc) is 3.29. The van der Waals surface area contributed by atoms with Gasteiger partial charge in [0.2, 0.25) is 5.91 Å². The molecule has 9 nitrogen and oxygen atoms in total. The smallest absolute Gasteiger partial charge is 0.325 e. The quantitative estimate of drug-likeness (QED) is 0.800. The highest BCUT2D eigenvalue weighted by molar-refractivity contribution is 5.78. The van der Waals surface area contributed by atoms with Crippen LogP contribution < -0.4 is 11.2 Å². The lowest BCUT2D eigenvalue weighted by Crippen LogP contribution is -2.42. The Morgan fingerprint density at radius 3 is 2.83 bits per heavy atom. The second-order valence-corrected chi connectivity index (χ2v) is 6.52. The number of rotatable bonds is 3. The maximum atomic E-state index is 12.5. The number of fused-ring (bicyclic) bond motifs is 1. The van der Waals surface area contributed by atoms with E-state index in [1.165, 1.54) is 6.20 Å².